The molecule has 0 bridgehead atoms. The molecular formula is C17H18N2O3S. The Balaban J connectivity index is 1.45. The van der Waals surface area contributed by atoms with Gasteiger partial charge in [0.05, 0.1) is 4.88 Å². The minimum atomic E-state index is -0.399. The van der Waals surface area contributed by atoms with Crippen LogP contribution in [0.25, 0.3) is 0 Å². The lowest BCUT2D eigenvalue weighted by Gasteiger charge is -2.08. The summed E-state index contributed by atoms with van der Waals surface area (Å²) < 4.78 is 5.38. The molecule has 0 fully saturated rings. The van der Waals surface area contributed by atoms with E-state index in [-0.39, 0.29) is 12.5 Å². The Morgan fingerprint density at radius 3 is 2.87 bits per heavy atom. The summed E-state index contributed by atoms with van der Waals surface area (Å²) in [6.07, 6.45) is 3.25. The van der Waals surface area contributed by atoms with Crippen LogP contribution in [0.2, 0.25) is 0 Å². The molecule has 1 heterocycles. The number of nitrogens with one attached hydrogen (secondary N) is 2. The highest BCUT2D eigenvalue weighted by molar-refractivity contribution is 7.14. The summed E-state index contributed by atoms with van der Waals surface area (Å²) in [5.41, 5.74) is 7.12. The van der Waals surface area contributed by atoms with Crippen LogP contribution >= 0.6 is 11.3 Å². The molecule has 120 valence electrons. The minimum Gasteiger partial charge on any atom is -0.484 e. The van der Waals surface area contributed by atoms with E-state index in [2.05, 4.69) is 10.9 Å². The van der Waals surface area contributed by atoms with Crippen LogP contribution in [0.4, 0.5) is 0 Å². The number of carbonyl (C=O) groups excluding carboxylic acids is 2. The molecule has 0 aliphatic heterocycles. The van der Waals surface area contributed by atoms with Crippen molar-refractivity contribution in [1.29, 1.82) is 0 Å². The maximum absolute atomic E-state index is 12.0. The van der Waals surface area contributed by atoms with Gasteiger partial charge in [-0.1, -0.05) is 12.1 Å². The van der Waals surface area contributed by atoms with Gasteiger partial charge < -0.3 is 4.74 Å². The molecule has 1 aliphatic rings. The number of ether oxygens (including phenoxy) is 1. The van der Waals surface area contributed by atoms with E-state index < -0.39 is 5.91 Å². The molecular weight excluding hydrogens is 312 g/mol. The summed E-state index contributed by atoms with van der Waals surface area (Å²) in [5, 5.41) is 0. The third kappa shape index (κ3) is 3.90. The highest BCUT2D eigenvalue weighted by Crippen LogP contribution is 2.30. The number of hydrogen-bond acceptors (Lipinski definition) is 4. The number of hydrogen-bond donors (Lipinski definition) is 2. The van der Waals surface area contributed by atoms with Crippen molar-refractivity contribution < 1.29 is 14.3 Å². The summed E-state index contributed by atoms with van der Waals surface area (Å²) in [5.74, 6) is -0.0570. The maximum Gasteiger partial charge on any atom is 0.279 e. The second kappa shape index (κ2) is 6.83. The average molecular weight is 330 g/mol. The van der Waals surface area contributed by atoms with Crippen LogP contribution < -0.4 is 15.6 Å². The number of benzene rings is 1. The number of rotatable bonds is 4. The van der Waals surface area contributed by atoms with E-state index >= 15 is 0 Å². The summed E-state index contributed by atoms with van der Waals surface area (Å²) in [7, 11) is 0. The minimum absolute atomic E-state index is 0.148. The van der Waals surface area contributed by atoms with Crippen molar-refractivity contribution in [1.82, 2.24) is 10.9 Å². The average Bonchev–Trinajstić information content (AvgIpc) is 3.12. The topological polar surface area (TPSA) is 67.4 Å². The number of fused-ring (bicyclic) bond motifs is 1. The van der Waals surface area contributed by atoms with Gasteiger partial charge in [0, 0.05) is 4.88 Å². The number of carbonyl (C=O) groups is 2. The van der Waals surface area contributed by atoms with Crippen molar-refractivity contribution in [3.63, 3.8) is 0 Å². The number of thiophene rings is 1. The van der Waals surface area contributed by atoms with E-state index in [1.807, 2.05) is 31.2 Å². The van der Waals surface area contributed by atoms with Gasteiger partial charge in [0.1, 0.15) is 5.75 Å². The highest BCUT2D eigenvalue weighted by atomic mass is 32.1. The van der Waals surface area contributed by atoms with E-state index in [1.165, 1.54) is 21.8 Å². The molecule has 5 nitrogen and oxygen atoms in total. The van der Waals surface area contributed by atoms with Gasteiger partial charge in [-0.25, -0.2) is 0 Å². The Morgan fingerprint density at radius 2 is 2.09 bits per heavy atom. The molecule has 2 aromatic rings. The summed E-state index contributed by atoms with van der Waals surface area (Å²) in [4.78, 5) is 25.7. The number of aryl methyl sites for hydroxylation is 3. The van der Waals surface area contributed by atoms with Crippen molar-refractivity contribution in [2.24, 2.45) is 0 Å². The molecule has 0 radical (unpaired) electrons. The van der Waals surface area contributed by atoms with Crippen molar-refractivity contribution in [2.45, 2.75) is 26.2 Å². The molecule has 1 aliphatic carbocycles. The molecule has 2 N–H and O–H groups in total. The summed E-state index contributed by atoms with van der Waals surface area (Å²) >= 11 is 1.50. The summed E-state index contributed by atoms with van der Waals surface area (Å²) in [6.45, 7) is 1.80. The second-order valence-electron chi connectivity index (χ2n) is 5.52. The lowest BCUT2D eigenvalue weighted by molar-refractivity contribution is -0.123. The molecule has 1 aromatic heterocycles. The predicted octanol–water partition coefficient (Wildman–Crippen LogP) is 2.39. The molecule has 0 saturated carbocycles. The smallest absolute Gasteiger partial charge is 0.279 e. The Kier molecular flexibility index (Phi) is 4.62. The third-order valence-corrected chi connectivity index (χ3v) is 4.88. The number of hydrazine groups is 1. The molecule has 0 saturated heterocycles. The fraction of sp³-hybridized carbons (Fsp3) is 0.294. The van der Waals surface area contributed by atoms with E-state index in [0.717, 1.165) is 24.8 Å². The number of amides is 2. The Bertz CT molecular complexity index is 718. The van der Waals surface area contributed by atoms with Gasteiger partial charge in [-0.15, -0.1) is 11.3 Å². The van der Waals surface area contributed by atoms with Gasteiger partial charge in [0.15, 0.2) is 6.61 Å². The molecule has 0 unspecified atom stereocenters. The third-order valence-electron chi connectivity index (χ3n) is 3.65. The molecule has 1 aromatic carbocycles. The second-order valence-corrected chi connectivity index (χ2v) is 6.66. The van der Waals surface area contributed by atoms with Gasteiger partial charge in [0.25, 0.3) is 11.8 Å². The van der Waals surface area contributed by atoms with Gasteiger partial charge in [-0.05, 0) is 55.5 Å². The first-order valence-electron chi connectivity index (χ1n) is 7.52. The highest BCUT2D eigenvalue weighted by Gasteiger charge is 2.18. The van der Waals surface area contributed by atoms with Crippen LogP contribution in [0.5, 0.6) is 5.75 Å². The van der Waals surface area contributed by atoms with Crippen LogP contribution in [0, 0.1) is 6.92 Å². The first kappa shape index (κ1) is 15.6. The van der Waals surface area contributed by atoms with E-state index in [4.69, 9.17) is 4.74 Å². The Morgan fingerprint density at radius 1 is 1.22 bits per heavy atom. The van der Waals surface area contributed by atoms with Gasteiger partial charge >= 0.3 is 0 Å². The van der Waals surface area contributed by atoms with Gasteiger partial charge in [-0.3, -0.25) is 20.4 Å². The fourth-order valence-corrected chi connectivity index (χ4v) is 3.67. The Labute approximate surface area is 138 Å². The van der Waals surface area contributed by atoms with Crippen LogP contribution in [-0.4, -0.2) is 18.4 Å². The maximum atomic E-state index is 12.0. The van der Waals surface area contributed by atoms with E-state index in [9.17, 15) is 9.59 Å². The fourth-order valence-electron chi connectivity index (χ4n) is 2.52. The normalized spacial score (nSPS) is 12.6. The first-order valence-corrected chi connectivity index (χ1v) is 8.34. The largest absolute Gasteiger partial charge is 0.484 e. The molecule has 0 spiro atoms. The molecule has 3 rings (SSSR count). The van der Waals surface area contributed by atoms with Gasteiger partial charge in [-0.2, -0.15) is 0 Å². The molecule has 6 heteroatoms. The van der Waals surface area contributed by atoms with E-state index in [0.29, 0.717) is 10.6 Å². The zero-order valence-electron chi connectivity index (χ0n) is 12.8. The van der Waals surface area contributed by atoms with Crippen LogP contribution in [0.3, 0.4) is 0 Å². The quantitative estimate of drug-likeness (QED) is 0.846. The zero-order valence-corrected chi connectivity index (χ0v) is 13.7. The van der Waals surface area contributed by atoms with Crippen LogP contribution in [-0.2, 0) is 17.6 Å². The Hall–Kier alpha value is -2.34. The van der Waals surface area contributed by atoms with Crippen molar-refractivity contribution in [3.8, 4) is 5.75 Å². The predicted molar refractivity (Wildman–Crippen MR) is 88.6 cm³/mol. The lowest BCUT2D eigenvalue weighted by Crippen LogP contribution is -2.43. The lowest BCUT2D eigenvalue weighted by atomic mass is 10.2. The molecule has 2 amide bonds. The van der Waals surface area contributed by atoms with Gasteiger partial charge in [0.2, 0.25) is 0 Å². The SMILES string of the molecule is Cc1cccc(OCC(=O)NNC(=O)c2cc3c(s2)CCC3)c1. The van der Waals surface area contributed by atoms with Crippen molar-refractivity contribution in [3.05, 3.63) is 51.2 Å². The van der Waals surface area contributed by atoms with Crippen LogP contribution in [0.15, 0.2) is 30.3 Å². The summed E-state index contributed by atoms with van der Waals surface area (Å²) in [6, 6.07) is 9.36. The molecule has 0 atom stereocenters. The zero-order chi connectivity index (χ0) is 16.2. The van der Waals surface area contributed by atoms with Crippen molar-refractivity contribution >= 4 is 23.2 Å². The van der Waals surface area contributed by atoms with E-state index in [1.54, 1.807) is 6.07 Å². The first-order chi connectivity index (χ1) is 11.1. The monoisotopic (exact) mass is 330 g/mol. The van der Waals surface area contributed by atoms with Crippen molar-refractivity contribution in [2.75, 3.05) is 6.61 Å². The molecule has 23 heavy (non-hydrogen) atoms. The standard InChI is InChI=1S/C17H18N2O3S/c1-11-4-2-6-13(8-11)22-10-16(20)18-19-17(21)15-9-12-5-3-7-14(12)23-15/h2,4,6,8-9H,3,5,7,10H2,1H3,(H,18,20)(H,19,21). The van der Waals surface area contributed by atoms with Crippen LogP contribution in [0.1, 0.15) is 32.1 Å².